The fourth-order valence-electron chi connectivity index (χ4n) is 3.32. The van der Waals surface area contributed by atoms with Crippen LogP contribution in [0.25, 0.3) is 16.8 Å². The monoisotopic (exact) mass is 486 g/mol. The lowest BCUT2D eigenvalue weighted by atomic mass is 10.0. The maximum absolute atomic E-state index is 12.8. The number of benzene rings is 4. The molecule has 0 unspecified atom stereocenters. The van der Waals surface area contributed by atoms with Gasteiger partial charge < -0.3 is 10.1 Å². The van der Waals surface area contributed by atoms with Gasteiger partial charge in [0.2, 0.25) is 0 Å². The van der Waals surface area contributed by atoms with E-state index in [1.807, 2.05) is 36.4 Å². The topological polar surface area (TPSA) is 79.2 Å². The average Bonchev–Trinajstić information content (AvgIpc) is 2.84. The van der Waals surface area contributed by atoms with Gasteiger partial charge in [0.05, 0.1) is 15.6 Å². The molecular weight excluding hydrogens is 471 g/mol. The van der Waals surface area contributed by atoms with Crippen molar-refractivity contribution in [3.8, 4) is 11.8 Å². The minimum absolute atomic E-state index is 0.136. The van der Waals surface area contributed by atoms with Crippen molar-refractivity contribution in [3.05, 3.63) is 112 Å². The van der Waals surface area contributed by atoms with Gasteiger partial charge in [-0.2, -0.15) is 5.26 Å². The molecule has 5 nitrogen and oxygen atoms in total. The Labute approximate surface area is 205 Å². The number of hydrogen-bond acceptors (Lipinski definition) is 4. The maximum Gasteiger partial charge on any atom is 0.344 e. The molecule has 0 aliphatic rings. The number of carbonyl (C=O) groups excluding carboxylic acids is 2. The van der Waals surface area contributed by atoms with E-state index in [-0.39, 0.29) is 16.3 Å². The highest BCUT2D eigenvalue weighted by Crippen LogP contribution is 2.26. The zero-order valence-electron chi connectivity index (χ0n) is 17.6. The standard InChI is InChI=1S/C27H16Cl2N2O3/c28-24-12-11-20(15-25(24)29)31-26(32)19(16-30)13-17-5-3-8-21(14-17)34-27(33)23-10-4-7-18-6-1-2-9-22(18)23/h1-15H,(H,31,32)/b19-13+. The first-order valence-electron chi connectivity index (χ1n) is 10.1. The summed E-state index contributed by atoms with van der Waals surface area (Å²) < 4.78 is 5.57. The Kier molecular flexibility index (Phi) is 6.93. The lowest BCUT2D eigenvalue weighted by Gasteiger charge is -2.08. The number of anilines is 1. The molecular formula is C27H16Cl2N2O3. The van der Waals surface area contributed by atoms with Crippen LogP contribution >= 0.6 is 23.2 Å². The zero-order chi connectivity index (χ0) is 24.1. The zero-order valence-corrected chi connectivity index (χ0v) is 19.1. The second kappa shape index (κ2) is 10.2. The number of rotatable bonds is 5. The summed E-state index contributed by atoms with van der Waals surface area (Å²) in [6.07, 6.45) is 1.40. The van der Waals surface area contributed by atoms with E-state index in [4.69, 9.17) is 27.9 Å². The highest BCUT2D eigenvalue weighted by molar-refractivity contribution is 6.42. The van der Waals surface area contributed by atoms with E-state index in [2.05, 4.69) is 5.32 Å². The molecule has 0 saturated heterocycles. The Morgan fingerprint density at radius 3 is 2.44 bits per heavy atom. The second-order valence-electron chi connectivity index (χ2n) is 7.24. The summed E-state index contributed by atoms with van der Waals surface area (Å²) in [6, 6.07) is 26.0. The van der Waals surface area contributed by atoms with Crippen LogP contribution in [0.5, 0.6) is 5.75 Å². The summed E-state index contributed by atoms with van der Waals surface area (Å²) in [5, 5.41) is 14.4. The smallest absolute Gasteiger partial charge is 0.344 e. The Morgan fingerprint density at radius 2 is 1.65 bits per heavy atom. The molecule has 0 radical (unpaired) electrons. The van der Waals surface area contributed by atoms with Gasteiger partial charge in [-0.25, -0.2) is 4.79 Å². The van der Waals surface area contributed by atoms with Crippen molar-refractivity contribution in [2.24, 2.45) is 0 Å². The van der Waals surface area contributed by atoms with Crippen LogP contribution in [0.15, 0.2) is 90.5 Å². The fraction of sp³-hybridized carbons (Fsp3) is 0. The van der Waals surface area contributed by atoms with Crippen LogP contribution in [0.2, 0.25) is 10.0 Å². The molecule has 0 aliphatic carbocycles. The number of amides is 1. The lowest BCUT2D eigenvalue weighted by Crippen LogP contribution is -2.13. The number of ether oxygens (including phenoxy) is 1. The third kappa shape index (κ3) is 5.26. The SMILES string of the molecule is N#C/C(=C\c1cccc(OC(=O)c2cccc3ccccc23)c1)C(=O)Nc1ccc(Cl)c(Cl)c1. The highest BCUT2D eigenvalue weighted by atomic mass is 35.5. The predicted molar refractivity (Wildman–Crippen MR) is 134 cm³/mol. The molecule has 0 aliphatic heterocycles. The van der Waals surface area contributed by atoms with Crippen LogP contribution < -0.4 is 10.1 Å². The van der Waals surface area contributed by atoms with Gasteiger partial charge in [-0.1, -0.05) is 71.7 Å². The minimum atomic E-state index is -0.612. The summed E-state index contributed by atoms with van der Waals surface area (Å²) in [5.74, 6) is -0.830. The van der Waals surface area contributed by atoms with Crippen molar-refractivity contribution in [2.75, 3.05) is 5.32 Å². The summed E-state index contributed by atoms with van der Waals surface area (Å²) in [5.41, 5.74) is 1.23. The van der Waals surface area contributed by atoms with E-state index < -0.39 is 11.9 Å². The molecule has 4 aromatic rings. The molecule has 0 bridgehead atoms. The van der Waals surface area contributed by atoms with Crippen LogP contribution in [0.1, 0.15) is 15.9 Å². The van der Waals surface area contributed by atoms with E-state index >= 15 is 0 Å². The quantitative estimate of drug-likeness (QED) is 0.144. The van der Waals surface area contributed by atoms with Gasteiger partial charge in [0, 0.05) is 5.69 Å². The molecule has 1 N–H and O–H groups in total. The molecule has 34 heavy (non-hydrogen) atoms. The van der Waals surface area contributed by atoms with Gasteiger partial charge in [0.25, 0.3) is 5.91 Å². The molecule has 4 rings (SSSR count). The summed E-state index contributed by atoms with van der Waals surface area (Å²) in [6.45, 7) is 0. The van der Waals surface area contributed by atoms with E-state index in [1.54, 1.807) is 48.5 Å². The largest absolute Gasteiger partial charge is 0.423 e. The number of nitriles is 1. The first kappa shape index (κ1) is 23.1. The van der Waals surface area contributed by atoms with Crippen molar-refractivity contribution < 1.29 is 14.3 Å². The van der Waals surface area contributed by atoms with Crippen LogP contribution in [0.4, 0.5) is 5.69 Å². The van der Waals surface area contributed by atoms with E-state index in [0.29, 0.717) is 21.8 Å². The maximum atomic E-state index is 12.8. The molecule has 0 saturated carbocycles. The number of fused-ring (bicyclic) bond motifs is 1. The molecule has 0 atom stereocenters. The molecule has 0 heterocycles. The van der Waals surface area contributed by atoms with Crippen LogP contribution in [0, 0.1) is 11.3 Å². The van der Waals surface area contributed by atoms with Gasteiger partial charge in [0.15, 0.2) is 0 Å². The number of nitrogens with one attached hydrogen (secondary N) is 1. The third-order valence-electron chi connectivity index (χ3n) is 4.93. The highest BCUT2D eigenvalue weighted by Gasteiger charge is 2.14. The minimum Gasteiger partial charge on any atom is -0.423 e. The lowest BCUT2D eigenvalue weighted by molar-refractivity contribution is -0.112. The number of carbonyl (C=O) groups is 2. The first-order chi connectivity index (χ1) is 16.4. The number of halogens is 2. The van der Waals surface area contributed by atoms with Gasteiger partial charge in [-0.05, 0) is 58.8 Å². The molecule has 1 amide bonds. The van der Waals surface area contributed by atoms with Crippen molar-refractivity contribution in [3.63, 3.8) is 0 Å². The normalized spacial score (nSPS) is 11.0. The Hall–Kier alpha value is -4.11. The number of hydrogen-bond donors (Lipinski definition) is 1. The Morgan fingerprint density at radius 1 is 0.882 bits per heavy atom. The molecule has 166 valence electrons. The van der Waals surface area contributed by atoms with Gasteiger partial charge >= 0.3 is 5.97 Å². The van der Waals surface area contributed by atoms with Crippen molar-refractivity contribution in [1.82, 2.24) is 0 Å². The van der Waals surface area contributed by atoms with Crippen LogP contribution in [-0.2, 0) is 4.79 Å². The van der Waals surface area contributed by atoms with Crippen molar-refractivity contribution >= 4 is 57.6 Å². The summed E-state index contributed by atoms with van der Waals surface area (Å²) in [7, 11) is 0. The second-order valence-corrected chi connectivity index (χ2v) is 8.06. The molecule has 0 spiro atoms. The fourth-order valence-corrected chi connectivity index (χ4v) is 3.62. The third-order valence-corrected chi connectivity index (χ3v) is 5.67. The van der Waals surface area contributed by atoms with Crippen molar-refractivity contribution in [2.45, 2.75) is 0 Å². The average molecular weight is 487 g/mol. The number of nitrogens with zero attached hydrogens (tertiary/aromatic N) is 1. The number of esters is 1. The van der Waals surface area contributed by atoms with E-state index in [0.717, 1.165) is 10.8 Å². The van der Waals surface area contributed by atoms with Crippen LogP contribution in [-0.4, -0.2) is 11.9 Å². The molecule has 7 heteroatoms. The Balaban J connectivity index is 1.53. The molecule has 0 fully saturated rings. The molecule has 4 aromatic carbocycles. The molecule has 0 aromatic heterocycles. The van der Waals surface area contributed by atoms with Gasteiger partial charge in [0.1, 0.15) is 17.4 Å². The summed E-state index contributed by atoms with van der Waals surface area (Å²) in [4.78, 5) is 25.4. The van der Waals surface area contributed by atoms with Gasteiger partial charge in [-0.15, -0.1) is 0 Å². The Bertz CT molecular complexity index is 1480. The van der Waals surface area contributed by atoms with E-state index in [9.17, 15) is 14.9 Å². The summed E-state index contributed by atoms with van der Waals surface area (Å²) >= 11 is 11.9. The van der Waals surface area contributed by atoms with Crippen molar-refractivity contribution in [1.29, 1.82) is 5.26 Å². The predicted octanol–water partition coefficient (Wildman–Crippen LogP) is 6.91. The van der Waals surface area contributed by atoms with Crippen LogP contribution in [0.3, 0.4) is 0 Å². The first-order valence-corrected chi connectivity index (χ1v) is 10.9. The van der Waals surface area contributed by atoms with Gasteiger partial charge in [-0.3, -0.25) is 4.79 Å². The van der Waals surface area contributed by atoms with E-state index in [1.165, 1.54) is 12.1 Å².